The molecule has 9 nitrogen and oxygen atoms in total. The Balaban J connectivity index is 1.44. The van der Waals surface area contributed by atoms with Gasteiger partial charge in [-0.15, -0.1) is 0 Å². The van der Waals surface area contributed by atoms with Crippen LogP contribution in [0.5, 0.6) is 0 Å². The highest BCUT2D eigenvalue weighted by Crippen LogP contribution is 2.22. The number of nitrogens with zero attached hydrogens (tertiary/aromatic N) is 4. The molecule has 146 valence electrons. The third-order valence-electron chi connectivity index (χ3n) is 4.23. The first-order valence-electron chi connectivity index (χ1n) is 8.76. The summed E-state index contributed by atoms with van der Waals surface area (Å²) in [6, 6.07) is 5.35. The maximum atomic E-state index is 12.5. The molecule has 0 fully saturated rings. The number of aromatic amines is 1. The third-order valence-corrected chi connectivity index (χ3v) is 4.97. The number of guanidine groups is 1. The molecule has 28 heavy (non-hydrogen) atoms. The molecule has 0 unspecified atom stereocenters. The highest BCUT2D eigenvalue weighted by molar-refractivity contribution is 6.42. The molecule has 4 rings (SSSR count). The lowest BCUT2D eigenvalue weighted by Crippen LogP contribution is -2.36. The van der Waals surface area contributed by atoms with Crippen LogP contribution in [0.25, 0.3) is 11.0 Å². The lowest BCUT2D eigenvalue weighted by molar-refractivity contribution is 0.616. The first-order chi connectivity index (χ1) is 13.6. The van der Waals surface area contributed by atoms with Crippen LogP contribution in [0.3, 0.4) is 0 Å². The van der Waals surface area contributed by atoms with E-state index < -0.39 is 0 Å². The monoisotopic (exact) mass is 420 g/mol. The average Bonchev–Trinajstić information content (AvgIpc) is 3.33. The smallest absolute Gasteiger partial charge is 0.278 e. The summed E-state index contributed by atoms with van der Waals surface area (Å²) in [5.41, 5.74) is 1.62. The van der Waals surface area contributed by atoms with Crippen LogP contribution < -0.4 is 21.5 Å². The van der Waals surface area contributed by atoms with Crippen molar-refractivity contribution < 1.29 is 0 Å². The Morgan fingerprint density at radius 3 is 2.89 bits per heavy atom. The van der Waals surface area contributed by atoms with Crippen molar-refractivity contribution in [1.29, 1.82) is 0 Å². The molecule has 3 aromatic rings. The van der Waals surface area contributed by atoms with Gasteiger partial charge in [0.15, 0.2) is 11.5 Å². The molecule has 0 saturated carbocycles. The summed E-state index contributed by atoms with van der Waals surface area (Å²) in [5, 5.41) is 14.6. The second kappa shape index (κ2) is 8.07. The van der Waals surface area contributed by atoms with Gasteiger partial charge in [0.05, 0.1) is 29.3 Å². The summed E-state index contributed by atoms with van der Waals surface area (Å²) in [6.45, 7) is 3.17. The van der Waals surface area contributed by atoms with Crippen LogP contribution in [-0.2, 0) is 13.1 Å². The molecule has 1 aliphatic heterocycles. The minimum Gasteiger partial charge on any atom is -0.355 e. The number of benzene rings is 1. The number of rotatable bonds is 6. The van der Waals surface area contributed by atoms with Gasteiger partial charge in [-0.3, -0.25) is 19.5 Å². The summed E-state index contributed by atoms with van der Waals surface area (Å²) in [7, 11) is 0. The number of hydrogen-bond donors (Lipinski definition) is 4. The number of aliphatic imine (C=N–C) groups is 1. The number of halogens is 2. The van der Waals surface area contributed by atoms with Gasteiger partial charge < -0.3 is 16.0 Å². The first kappa shape index (κ1) is 18.6. The van der Waals surface area contributed by atoms with Crippen LogP contribution in [0, 0.1) is 0 Å². The van der Waals surface area contributed by atoms with E-state index >= 15 is 0 Å². The SMILES string of the molecule is O=c1[nH]c(NCc2ccc(Cl)c(Cl)c2)nc2cnn(CCNC3=NCCN3)c12. The molecule has 0 aliphatic carbocycles. The Hall–Kier alpha value is -2.78. The Labute approximate surface area is 170 Å². The van der Waals surface area contributed by atoms with Crippen LogP contribution in [0.4, 0.5) is 5.95 Å². The van der Waals surface area contributed by atoms with E-state index in [4.69, 9.17) is 23.2 Å². The third kappa shape index (κ3) is 4.05. The van der Waals surface area contributed by atoms with Crippen molar-refractivity contribution in [1.82, 2.24) is 30.4 Å². The van der Waals surface area contributed by atoms with Crippen molar-refractivity contribution in [2.45, 2.75) is 13.1 Å². The van der Waals surface area contributed by atoms with E-state index in [9.17, 15) is 4.79 Å². The van der Waals surface area contributed by atoms with E-state index in [1.165, 1.54) is 0 Å². The predicted octanol–water partition coefficient (Wildman–Crippen LogP) is 1.59. The largest absolute Gasteiger partial charge is 0.355 e. The maximum Gasteiger partial charge on any atom is 0.278 e. The van der Waals surface area contributed by atoms with Crippen molar-refractivity contribution in [3.05, 3.63) is 50.4 Å². The van der Waals surface area contributed by atoms with Gasteiger partial charge >= 0.3 is 0 Å². The zero-order valence-corrected chi connectivity index (χ0v) is 16.3. The number of hydrogen-bond acceptors (Lipinski definition) is 7. The van der Waals surface area contributed by atoms with E-state index in [0.29, 0.717) is 46.7 Å². The summed E-state index contributed by atoms with van der Waals surface area (Å²) in [6.07, 6.45) is 1.58. The van der Waals surface area contributed by atoms with Gasteiger partial charge in [0.25, 0.3) is 5.56 Å². The fraction of sp³-hybridized carbons (Fsp3) is 0.294. The van der Waals surface area contributed by atoms with Crippen molar-refractivity contribution in [2.24, 2.45) is 4.99 Å². The fourth-order valence-electron chi connectivity index (χ4n) is 2.89. The van der Waals surface area contributed by atoms with Gasteiger partial charge in [0, 0.05) is 19.6 Å². The molecule has 0 saturated heterocycles. The maximum absolute atomic E-state index is 12.5. The minimum atomic E-state index is -0.254. The lowest BCUT2D eigenvalue weighted by Gasteiger charge is -2.08. The molecule has 1 aromatic carbocycles. The molecular weight excluding hydrogens is 403 g/mol. The van der Waals surface area contributed by atoms with E-state index in [0.717, 1.165) is 24.6 Å². The molecule has 1 aliphatic rings. The van der Waals surface area contributed by atoms with Crippen LogP contribution in [-0.4, -0.2) is 45.3 Å². The second-order valence-corrected chi connectivity index (χ2v) is 7.02. The molecule has 0 radical (unpaired) electrons. The van der Waals surface area contributed by atoms with Gasteiger partial charge in [-0.1, -0.05) is 29.3 Å². The van der Waals surface area contributed by atoms with E-state index in [1.54, 1.807) is 23.0 Å². The number of aromatic nitrogens is 4. The minimum absolute atomic E-state index is 0.254. The van der Waals surface area contributed by atoms with Crippen molar-refractivity contribution in [3.63, 3.8) is 0 Å². The Bertz CT molecular complexity index is 1090. The molecule has 4 N–H and O–H groups in total. The summed E-state index contributed by atoms with van der Waals surface area (Å²) < 4.78 is 1.63. The second-order valence-electron chi connectivity index (χ2n) is 6.20. The van der Waals surface area contributed by atoms with Crippen molar-refractivity contribution in [2.75, 3.05) is 25.0 Å². The van der Waals surface area contributed by atoms with Crippen LogP contribution in [0.15, 0.2) is 34.2 Å². The molecule has 2 aromatic heterocycles. The van der Waals surface area contributed by atoms with E-state index in [2.05, 4.69) is 36.0 Å². The Morgan fingerprint density at radius 1 is 1.21 bits per heavy atom. The number of fused-ring (bicyclic) bond motifs is 1. The van der Waals surface area contributed by atoms with Crippen LogP contribution in [0.2, 0.25) is 10.0 Å². The molecule has 3 heterocycles. The first-order valence-corrected chi connectivity index (χ1v) is 9.51. The van der Waals surface area contributed by atoms with Gasteiger partial charge in [-0.25, -0.2) is 4.98 Å². The molecule has 0 atom stereocenters. The highest BCUT2D eigenvalue weighted by atomic mass is 35.5. The Morgan fingerprint density at radius 2 is 2.11 bits per heavy atom. The van der Waals surface area contributed by atoms with E-state index in [-0.39, 0.29) is 5.56 Å². The molecule has 0 amide bonds. The van der Waals surface area contributed by atoms with Crippen molar-refractivity contribution >= 4 is 46.1 Å². The summed E-state index contributed by atoms with van der Waals surface area (Å²) >= 11 is 11.9. The molecule has 0 bridgehead atoms. The number of nitrogens with one attached hydrogen (secondary N) is 4. The van der Waals surface area contributed by atoms with Crippen molar-refractivity contribution in [3.8, 4) is 0 Å². The van der Waals surface area contributed by atoms with Gasteiger partial charge in [0.1, 0.15) is 5.52 Å². The standard InChI is InChI=1S/C17H18Cl2N8O/c18-11-2-1-10(7-12(11)19)8-23-17-25-13-9-24-27(14(13)15(28)26-17)6-5-22-16-20-3-4-21-16/h1-2,7,9H,3-6,8H2,(H2,20,21,22)(H2,23,25,26,28). The topological polar surface area (TPSA) is 112 Å². The van der Waals surface area contributed by atoms with E-state index in [1.807, 2.05) is 6.07 Å². The zero-order valence-electron chi connectivity index (χ0n) is 14.8. The van der Waals surface area contributed by atoms with Crippen LogP contribution >= 0.6 is 23.2 Å². The number of anilines is 1. The Kier molecular flexibility index (Phi) is 5.36. The fourth-order valence-corrected chi connectivity index (χ4v) is 3.21. The van der Waals surface area contributed by atoms with Gasteiger partial charge in [-0.05, 0) is 17.7 Å². The molecule has 0 spiro atoms. The summed E-state index contributed by atoms with van der Waals surface area (Å²) in [5.74, 6) is 1.14. The zero-order chi connectivity index (χ0) is 19.5. The number of H-pyrrole nitrogens is 1. The normalized spacial score (nSPS) is 13.4. The van der Waals surface area contributed by atoms with Crippen LogP contribution in [0.1, 0.15) is 5.56 Å². The van der Waals surface area contributed by atoms with Gasteiger partial charge in [-0.2, -0.15) is 5.10 Å². The highest BCUT2D eigenvalue weighted by Gasteiger charge is 2.11. The predicted molar refractivity (Wildman–Crippen MR) is 110 cm³/mol. The molecular formula is C17H18Cl2N8O. The lowest BCUT2D eigenvalue weighted by atomic mass is 10.2. The average molecular weight is 421 g/mol. The molecule has 11 heteroatoms. The quantitative estimate of drug-likeness (QED) is 0.481. The summed E-state index contributed by atoms with van der Waals surface area (Å²) in [4.78, 5) is 24.0. The van der Waals surface area contributed by atoms with Gasteiger partial charge in [0.2, 0.25) is 5.95 Å².